The topological polar surface area (TPSA) is 105 Å². The van der Waals surface area contributed by atoms with Gasteiger partial charge in [-0.2, -0.15) is 4.98 Å². The minimum atomic E-state index is 0.433. The Balaban J connectivity index is 1.45. The van der Waals surface area contributed by atoms with Gasteiger partial charge in [-0.05, 0) is 37.1 Å². The maximum Gasteiger partial charge on any atom is 0.257 e. The van der Waals surface area contributed by atoms with Gasteiger partial charge in [0.1, 0.15) is 5.75 Å². The van der Waals surface area contributed by atoms with E-state index in [0.717, 1.165) is 29.3 Å². The van der Waals surface area contributed by atoms with Crippen molar-refractivity contribution < 1.29 is 9.26 Å². The van der Waals surface area contributed by atoms with Crippen molar-refractivity contribution in [3.8, 4) is 17.2 Å². The molecule has 4 rings (SSSR count). The number of benzene rings is 1. The van der Waals surface area contributed by atoms with Gasteiger partial charge in [0.25, 0.3) is 5.89 Å². The number of hydrogen-bond acceptors (Lipinski definition) is 8. The largest absolute Gasteiger partial charge is 0.497 e. The smallest absolute Gasteiger partial charge is 0.257 e. The lowest BCUT2D eigenvalue weighted by molar-refractivity contribution is 0.414. The van der Waals surface area contributed by atoms with E-state index in [-0.39, 0.29) is 0 Å². The molecule has 0 atom stereocenters. The number of rotatable bonds is 6. The third-order valence-electron chi connectivity index (χ3n) is 3.74. The van der Waals surface area contributed by atoms with E-state index in [1.807, 2.05) is 28.8 Å². The number of nitrogens with zero attached hydrogens (tertiary/aromatic N) is 5. The van der Waals surface area contributed by atoms with E-state index in [4.69, 9.17) is 15.0 Å². The number of nitrogens with two attached hydrogens (primary N) is 1. The van der Waals surface area contributed by atoms with Gasteiger partial charge in [-0.1, -0.05) is 16.9 Å². The Bertz CT molecular complexity index is 840. The number of ether oxygens (including phenoxy) is 1. The maximum absolute atomic E-state index is 5.87. The van der Waals surface area contributed by atoms with Crippen LogP contribution in [0.1, 0.15) is 24.7 Å². The number of nitrogen functional groups attached to an aromatic ring is 1. The van der Waals surface area contributed by atoms with E-state index < -0.39 is 0 Å². The lowest BCUT2D eigenvalue weighted by Gasteiger charge is -2.04. The summed E-state index contributed by atoms with van der Waals surface area (Å²) in [6.07, 6.45) is 2.25. The molecule has 2 aromatic heterocycles. The summed E-state index contributed by atoms with van der Waals surface area (Å²) in [5.41, 5.74) is 6.72. The van der Waals surface area contributed by atoms with Gasteiger partial charge in [0.2, 0.25) is 5.95 Å². The number of aromatic nitrogens is 5. The molecule has 8 nitrogen and oxygen atoms in total. The number of methoxy groups -OCH3 is 1. The van der Waals surface area contributed by atoms with Crippen LogP contribution in [0.25, 0.3) is 11.5 Å². The first-order valence-electron chi connectivity index (χ1n) is 7.55. The van der Waals surface area contributed by atoms with Gasteiger partial charge in [0, 0.05) is 11.6 Å². The average molecular weight is 344 g/mol. The second kappa shape index (κ2) is 6.16. The summed E-state index contributed by atoms with van der Waals surface area (Å²) < 4.78 is 12.4. The third kappa shape index (κ3) is 2.94. The van der Waals surface area contributed by atoms with Crippen LogP contribution < -0.4 is 10.5 Å². The van der Waals surface area contributed by atoms with Gasteiger partial charge < -0.3 is 15.0 Å². The van der Waals surface area contributed by atoms with E-state index >= 15 is 0 Å². The van der Waals surface area contributed by atoms with Crippen molar-refractivity contribution in [3.63, 3.8) is 0 Å². The van der Waals surface area contributed by atoms with Crippen LogP contribution in [0.2, 0.25) is 0 Å². The van der Waals surface area contributed by atoms with Gasteiger partial charge in [0.05, 0.1) is 12.9 Å². The molecule has 1 aliphatic carbocycles. The molecule has 0 spiro atoms. The second-order valence-corrected chi connectivity index (χ2v) is 6.42. The molecule has 2 heterocycles. The van der Waals surface area contributed by atoms with Crippen LogP contribution in [-0.4, -0.2) is 32.0 Å². The SMILES string of the molecule is COc1ccc(-c2nc(CSc3nnc(N)n3C3CC3)no2)cc1. The van der Waals surface area contributed by atoms with Crippen LogP contribution in [0.5, 0.6) is 5.75 Å². The van der Waals surface area contributed by atoms with Gasteiger partial charge in [-0.3, -0.25) is 4.57 Å². The molecule has 0 radical (unpaired) electrons. The molecule has 1 aromatic carbocycles. The van der Waals surface area contributed by atoms with Gasteiger partial charge in [0.15, 0.2) is 11.0 Å². The number of anilines is 1. The Morgan fingerprint density at radius 3 is 2.79 bits per heavy atom. The molecule has 1 saturated carbocycles. The molecule has 9 heteroatoms. The van der Waals surface area contributed by atoms with E-state index in [2.05, 4.69) is 20.3 Å². The average Bonchev–Trinajstić information content (AvgIpc) is 3.21. The number of thioether (sulfide) groups is 1. The summed E-state index contributed by atoms with van der Waals surface area (Å²) in [5.74, 6) is 2.88. The van der Waals surface area contributed by atoms with E-state index in [1.165, 1.54) is 11.8 Å². The van der Waals surface area contributed by atoms with Gasteiger partial charge in [-0.25, -0.2) is 0 Å². The highest BCUT2D eigenvalue weighted by atomic mass is 32.2. The summed E-state index contributed by atoms with van der Waals surface area (Å²) in [6, 6.07) is 7.91. The van der Waals surface area contributed by atoms with Crippen molar-refractivity contribution in [3.05, 3.63) is 30.1 Å². The highest BCUT2D eigenvalue weighted by Crippen LogP contribution is 2.39. The van der Waals surface area contributed by atoms with Crippen molar-refractivity contribution in [1.82, 2.24) is 24.9 Å². The Kier molecular flexibility index (Phi) is 3.85. The molecule has 0 aliphatic heterocycles. The first-order chi connectivity index (χ1) is 11.7. The summed E-state index contributed by atoms with van der Waals surface area (Å²) in [6.45, 7) is 0. The van der Waals surface area contributed by atoms with Crippen molar-refractivity contribution in [1.29, 1.82) is 0 Å². The zero-order valence-electron chi connectivity index (χ0n) is 13.0. The molecule has 1 fully saturated rings. The van der Waals surface area contributed by atoms with Crippen LogP contribution in [0.3, 0.4) is 0 Å². The predicted molar refractivity (Wildman–Crippen MR) is 88.6 cm³/mol. The minimum Gasteiger partial charge on any atom is -0.497 e. The normalized spacial score (nSPS) is 14.0. The number of hydrogen-bond donors (Lipinski definition) is 1. The molecule has 0 unspecified atom stereocenters. The Labute approximate surface area is 142 Å². The molecular weight excluding hydrogens is 328 g/mol. The molecule has 24 heavy (non-hydrogen) atoms. The molecule has 0 saturated heterocycles. The van der Waals surface area contributed by atoms with Crippen LogP contribution in [0.4, 0.5) is 5.95 Å². The second-order valence-electron chi connectivity index (χ2n) is 5.47. The molecular formula is C15H16N6O2S. The summed E-state index contributed by atoms with van der Waals surface area (Å²) in [7, 11) is 1.63. The fraction of sp³-hybridized carbons (Fsp3) is 0.333. The quantitative estimate of drug-likeness (QED) is 0.680. The maximum atomic E-state index is 5.87. The lowest BCUT2D eigenvalue weighted by Crippen LogP contribution is -2.02. The predicted octanol–water partition coefficient (Wildman–Crippen LogP) is 2.55. The minimum absolute atomic E-state index is 0.433. The molecule has 2 N–H and O–H groups in total. The van der Waals surface area contributed by atoms with Crippen LogP contribution in [0.15, 0.2) is 33.9 Å². The molecule has 1 aliphatic rings. The zero-order valence-corrected chi connectivity index (χ0v) is 13.9. The fourth-order valence-corrected chi connectivity index (χ4v) is 3.21. The van der Waals surface area contributed by atoms with Crippen molar-refractivity contribution in [2.24, 2.45) is 0 Å². The fourth-order valence-electron chi connectivity index (χ4n) is 2.36. The highest BCUT2D eigenvalue weighted by molar-refractivity contribution is 7.98. The summed E-state index contributed by atoms with van der Waals surface area (Å²) in [5, 5.41) is 12.9. The van der Waals surface area contributed by atoms with Crippen molar-refractivity contribution in [2.75, 3.05) is 12.8 Å². The monoisotopic (exact) mass is 344 g/mol. The Morgan fingerprint density at radius 2 is 2.08 bits per heavy atom. The summed E-state index contributed by atoms with van der Waals surface area (Å²) >= 11 is 1.51. The van der Waals surface area contributed by atoms with E-state index in [1.54, 1.807) is 7.11 Å². The molecule has 0 bridgehead atoms. The molecule has 3 aromatic rings. The first-order valence-corrected chi connectivity index (χ1v) is 8.53. The summed E-state index contributed by atoms with van der Waals surface area (Å²) in [4.78, 5) is 4.42. The zero-order chi connectivity index (χ0) is 16.5. The molecule has 124 valence electrons. The van der Waals surface area contributed by atoms with E-state index in [9.17, 15) is 0 Å². The Hall–Kier alpha value is -2.55. The van der Waals surface area contributed by atoms with E-state index in [0.29, 0.717) is 29.5 Å². The van der Waals surface area contributed by atoms with Crippen LogP contribution >= 0.6 is 11.8 Å². The van der Waals surface area contributed by atoms with Gasteiger partial charge >= 0.3 is 0 Å². The standard InChI is InChI=1S/C15H16N6O2S/c1-22-11-6-2-9(3-7-11)13-17-12(20-23-13)8-24-15-19-18-14(16)21(15)10-4-5-10/h2-3,6-7,10H,4-5,8H2,1H3,(H2,16,18). The van der Waals surface area contributed by atoms with Crippen LogP contribution in [-0.2, 0) is 5.75 Å². The van der Waals surface area contributed by atoms with Crippen molar-refractivity contribution >= 4 is 17.7 Å². The van der Waals surface area contributed by atoms with Crippen molar-refractivity contribution in [2.45, 2.75) is 29.8 Å². The van der Waals surface area contributed by atoms with Gasteiger partial charge in [-0.15, -0.1) is 10.2 Å². The van der Waals surface area contributed by atoms with Crippen LogP contribution in [0, 0.1) is 0 Å². The molecule has 0 amide bonds. The highest BCUT2D eigenvalue weighted by Gasteiger charge is 2.29. The Morgan fingerprint density at radius 1 is 1.29 bits per heavy atom. The first kappa shape index (κ1) is 15.0. The third-order valence-corrected chi connectivity index (χ3v) is 4.68. The lowest BCUT2D eigenvalue weighted by atomic mass is 10.2.